The van der Waals surface area contributed by atoms with Crippen molar-refractivity contribution >= 4 is 5.91 Å². The second-order valence-corrected chi connectivity index (χ2v) is 9.25. The fourth-order valence-corrected chi connectivity index (χ4v) is 5.61. The molecule has 2 bridgehead atoms. The highest BCUT2D eigenvalue weighted by molar-refractivity contribution is 5.78. The van der Waals surface area contributed by atoms with Gasteiger partial charge in [0.05, 0.1) is 6.54 Å². The number of carbonyl (C=O) groups excluding carboxylic acids is 1. The van der Waals surface area contributed by atoms with E-state index in [0.29, 0.717) is 24.4 Å². The van der Waals surface area contributed by atoms with Crippen LogP contribution in [0.2, 0.25) is 0 Å². The number of pyridine rings is 2. The molecule has 0 spiro atoms. The normalized spacial score (nSPS) is 24.3. The molecule has 1 N–H and O–H groups in total. The zero-order chi connectivity index (χ0) is 20.5. The first-order valence-corrected chi connectivity index (χ1v) is 11.3. The van der Waals surface area contributed by atoms with E-state index in [1.807, 2.05) is 16.7 Å². The molecule has 2 aromatic heterocycles. The number of hydrogen-bond acceptors (Lipinski definition) is 4. The minimum Gasteiger partial charge on any atom is -0.352 e. The molecule has 1 saturated carbocycles. The minimum atomic E-state index is 0.0737. The summed E-state index contributed by atoms with van der Waals surface area (Å²) in [5.74, 6) is 0.883. The lowest BCUT2D eigenvalue weighted by molar-refractivity contribution is -0.123. The van der Waals surface area contributed by atoms with Gasteiger partial charge in [-0.25, -0.2) is 0 Å². The van der Waals surface area contributed by atoms with E-state index in [0.717, 1.165) is 55.7 Å². The summed E-state index contributed by atoms with van der Waals surface area (Å²) in [7, 11) is 0. The summed E-state index contributed by atoms with van der Waals surface area (Å²) in [6.07, 6.45) is 10.6. The Balaban J connectivity index is 1.32. The van der Waals surface area contributed by atoms with Crippen LogP contribution in [-0.4, -0.2) is 46.0 Å². The third-order valence-corrected chi connectivity index (χ3v) is 6.96. The Morgan fingerprint density at radius 2 is 1.97 bits per heavy atom. The summed E-state index contributed by atoms with van der Waals surface area (Å²) in [5.41, 5.74) is 3.09. The summed E-state index contributed by atoms with van der Waals surface area (Å²) < 4.78 is 1.96. The molecule has 0 aromatic carbocycles. The van der Waals surface area contributed by atoms with Crippen molar-refractivity contribution in [2.24, 2.45) is 5.92 Å². The Kier molecular flexibility index (Phi) is 5.42. The number of aromatic nitrogens is 2. The van der Waals surface area contributed by atoms with Crippen LogP contribution in [0.25, 0.3) is 11.1 Å². The van der Waals surface area contributed by atoms with Crippen molar-refractivity contribution < 1.29 is 4.79 Å². The number of piperidine rings is 1. The second-order valence-electron chi connectivity index (χ2n) is 9.25. The van der Waals surface area contributed by atoms with Gasteiger partial charge in [-0.1, -0.05) is 25.3 Å². The van der Waals surface area contributed by atoms with Crippen LogP contribution in [0, 0.1) is 5.92 Å². The zero-order valence-electron chi connectivity index (χ0n) is 17.4. The number of nitrogens with one attached hydrogen (secondary N) is 1. The van der Waals surface area contributed by atoms with Crippen LogP contribution in [0.3, 0.4) is 0 Å². The van der Waals surface area contributed by atoms with E-state index < -0.39 is 0 Å². The van der Waals surface area contributed by atoms with Crippen LogP contribution in [0.5, 0.6) is 0 Å². The van der Waals surface area contributed by atoms with E-state index in [9.17, 15) is 9.59 Å². The minimum absolute atomic E-state index is 0.0737. The fraction of sp³-hybridized carbons (Fsp3) is 0.542. The monoisotopic (exact) mass is 406 g/mol. The predicted molar refractivity (Wildman–Crippen MR) is 116 cm³/mol. The number of likely N-dealkylation sites (tertiary alicyclic amines) is 1. The molecule has 158 valence electrons. The summed E-state index contributed by atoms with van der Waals surface area (Å²) in [6, 6.07) is 8.14. The quantitative estimate of drug-likeness (QED) is 0.848. The van der Waals surface area contributed by atoms with E-state index in [1.165, 1.54) is 19.3 Å². The number of carbonyl (C=O) groups is 1. The van der Waals surface area contributed by atoms with Gasteiger partial charge in [0.1, 0.15) is 0 Å². The highest BCUT2D eigenvalue weighted by atomic mass is 16.2. The summed E-state index contributed by atoms with van der Waals surface area (Å²) in [5, 5.41) is 3.25. The first-order valence-electron chi connectivity index (χ1n) is 11.3. The molecule has 5 rings (SSSR count). The van der Waals surface area contributed by atoms with Crippen LogP contribution < -0.4 is 10.9 Å². The van der Waals surface area contributed by atoms with Gasteiger partial charge >= 0.3 is 0 Å². The van der Waals surface area contributed by atoms with Crippen LogP contribution in [-0.2, 0) is 11.3 Å². The van der Waals surface area contributed by atoms with Gasteiger partial charge in [0.15, 0.2) is 0 Å². The topological polar surface area (TPSA) is 67.2 Å². The molecule has 2 aliphatic heterocycles. The van der Waals surface area contributed by atoms with Gasteiger partial charge in [0, 0.05) is 61.3 Å². The first-order chi connectivity index (χ1) is 14.7. The van der Waals surface area contributed by atoms with E-state index in [1.54, 1.807) is 18.5 Å². The van der Waals surface area contributed by atoms with Crippen molar-refractivity contribution in [2.75, 3.05) is 19.6 Å². The number of hydrogen-bond donors (Lipinski definition) is 1. The van der Waals surface area contributed by atoms with Crippen LogP contribution in [0.1, 0.15) is 50.1 Å². The second kappa shape index (κ2) is 8.34. The Labute approximate surface area is 177 Å². The van der Waals surface area contributed by atoms with Gasteiger partial charge in [-0.3, -0.25) is 19.5 Å². The van der Waals surface area contributed by atoms with Gasteiger partial charge in [-0.2, -0.15) is 0 Å². The molecular weight excluding hydrogens is 376 g/mol. The molecular formula is C24H30N4O2. The van der Waals surface area contributed by atoms with E-state index in [-0.39, 0.29) is 11.5 Å². The van der Waals surface area contributed by atoms with Gasteiger partial charge in [-0.15, -0.1) is 0 Å². The summed E-state index contributed by atoms with van der Waals surface area (Å²) >= 11 is 0. The lowest BCUT2D eigenvalue weighted by Crippen LogP contribution is -2.50. The molecule has 30 heavy (non-hydrogen) atoms. The van der Waals surface area contributed by atoms with Crippen molar-refractivity contribution in [3.05, 3.63) is 52.7 Å². The maximum atomic E-state index is 12.8. The van der Waals surface area contributed by atoms with Crippen LogP contribution >= 0.6 is 0 Å². The molecule has 3 aliphatic rings. The lowest BCUT2D eigenvalue weighted by Gasteiger charge is -2.42. The van der Waals surface area contributed by atoms with E-state index >= 15 is 0 Å². The van der Waals surface area contributed by atoms with Crippen LogP contribution in [0.15, 0.2) is 41.5 Å². The molecule has 2 aromatic rings. The number of rotatable bonds is 4. The Morgan fingerprint density at radius 3 is 2.77 bits per heavy atom. The van der Waals surface area contributed by atoms with Crippen molar-refractivity contribution in [3.8, 4) is 11.1 Å². The smallest absolute Gasteiger partial charge is 0.251 e. The van der Waals surface area contributed by atoms with Gasteiger partial charge in [0.2, 0.25) is 5.91 Å². The summed E-state index contributed by atoms with van der Waals surface area (Å²) in [6.45, 7) is 2.95. The van der Waals surface area contributed by atoms with Crippen molar-refractivity contribution in [2.45, 2.75) is 57.0 Å². The lowest BCUT2D eigenvalue weighted by atomic mass is 9.82. The van der Waals surface area contributed by atoms with Gasteiger partial charge in [-0.05, 0) is 42.9 Å². The highest BCUT2D eigenvalue weighted by Gasteiger charge is 2.35. The summed E-state index contributed by atoms with van der Waals surface area (Å²) in [4.78, 5) is 31.9. The molecule has 4 heterocycles. The molecule has 1 saturated heterocycles. The van der Waals surface area contributed by atoms with Crippen molar-refractivity contribution in [3.63, 3.8) is 0 Å². The molecule has 6 heteroatoms. The molecule has 2 fully saturated rings. The number of nitrogens with zero attached hydrogens (tertiary/aromatic N) is 3. The van der Waals surface area contributed by atoms with Crippen molar-refractivity contribution in [1.82, 2.24) is 19.8 Å². The molecule has 1 amide bonds. The first kappa shape index (κ1) is 19.5. The molecule has 6 nitrogen and oxygen atoms in total. The third kappa shape index (κ3) is 4.06. The van der Waals surface area contributed by atoms with E-state index in [4.69, 9.17) is 0 Å². The average molecular weight is 407 g/mol. The highest BCUT2D eigenvalue weighted by Crippen LogP contribution is 2.36. The molecule has 0 unspecified atom stereocenters. The van der Waals surface area contributed by atoms with E-state index in [2.05, 4.69) is 21.3 Å². The largest absolute Gasteiger partial charge is 0.352 e. The molecule has 0 radical (unpaired) electrons. The Hall–Kier alpha value is -2.47. The predicted octanol–water partition coefficient (Wildman–Crippen LogP) is 2.78. The van der Waals surface area contributed by atoms with Crippen LogP contribution in [0.4, 0.5) is 0 Å². The Bertz CT molecular complexity index is 965. The Morgan fingerprint density at radius 1 is 1.10 bits per heavy atom. The average Bonchev–Trinajstić information content (AvgIpc) is 2.75. The van der Waals surface area contributed by atoms with Crippen molar-refractivity contribution in [1.29, 1.82) is 0 Å². The molecule has 1 aliphatic carbocycles. The number of fused-ring (bicyclic) bond motifs is 4. The standard InChI is InChI=1S/C24H30N4O2/c29-23(26-21-6-2-1-3-7-21)16-27-13-17-9-20(15-27)22-10-19(11-24(30)28(22)14-17)18-5-4-8-25-12-18/h4-5,8,10-12,17,20-21H,1-3,6-7,9,13-16H2,(H,26,29)/t17-,20+/m0/s1. The third-order valence-electron chi connectivity index (χ3n) is 6.96. The van der Waals surface area contributed by atoms with Gasteiger partial charge in [0.25, 0.3) is 5.56 Å². The SMILES string of the molecule is O=C(CN1C[C@@H]2C[C@H](C1)c1cc(-c3cccnc3)cc(=O)n1C2)NC1CCCCC1. The maximum absolute atomic E-state index is 12.8. The van der Waals surface area contributed by atoms with Gasteiger partial charge < -0.3 is 9.88 Å². The number of amides is 1. The fourth-order valence-electron chi connectivity index (χ4n) is 5.61. The molecule has 2 atom stereocenters. The maximum Gasteiger partial charge on any atom is 0.251 e. The zero-order valence-corrected chi connectivity index (χ0v) is 17.4.